The van der Waals surface area contributed by atoms with E-state index in [1.165, 1.54) is 0 Å². The lowest BCUT2D eigenvalue weighted by atomic mass is 9.96. The lowest BCUT2D eigenvalue weighted by Gasteiger charge is -2.31. The number of methoxy groups -OCH3 is 1. The van der Waals surface area contributed by atoms with Gasteiger partial charge in [-0.1, -0.05) is 6.07 Å². The van der Waals surface area contributed by atoms with Crippen LogP contribution in [0.5, 0.6) is 5.75 Å². The average Bonchev–Trinajstić information content (AvgIpc) is 2.59. The summed E-state index contributed by atoms with van der Waals surface area (Å²) in [5, 5.41) is 3.06. The van der Waals surface area contributed by atoms with Gasteiger partial charge in [0.15, 0.2) is 0 Å². The van der Waals surface area contributed by atoms with Gasteiger partial charge in [0.05, 0.1) is 13.2 Å². The molecule has 1 aromatic rings. The monoisotopic (exact) mass is 320 g/mol. The van der Waals surface area contributed by atoms with Crippen LogP contribution in [0.3, 0.4) is 0 Å². The van der Waals surface area contributed by atoms with Gasteiger partial charge >= 0.3 is 0 Å². The molecule has 0 atom stereocenters. The van der Waals surface area contributed by atoms with Crippen molar-refractivity contribution in [2.45, 2.75) is 19.8 Å². The van der Waals surface area contributed by atoms with E-state index in [0.717, 1.165) is 51.4 Å². The first-order valence-electron chi connectivity index (χ1n) is 8.45. The topological polar surface area (TPSA) is 50.8 Å². The van der Waals surface area contributed by atoms with Crippen LogP contribution < -0.4 is 10.1 Å². The summed E-state index contributed by atoms with van der Waals surface area (Å²) in [6, 6.07) is 7.35. The van der Waals surface area contributed by atoms with Gasteiger partial charge in [-0.25, -0.2) is 0 Å². The number of hydrogen-bond acceptors (Lipinski definition) is 4. The minimum absolute atomic E-state index is 0.0200. The Hall–Kier alpha value is -1.59. The van der Waals surface area contributed by atoms with Crippen LogP contribution in [0.25, 0.3) is 0 Å². The van der Waals surface area contributed by atoms with Crippen molar-refractivity contribution in [3.05, 3.63) is 29.8 Å². The molecule has 0 saturated carbocycles. The Morgan fingerprint density at radius 3 is 2.83 bits per heavy atom. The molecule has 0 aromatic heterocycles. The highest BCUT2D eigenvalue weighted by Gasteiger charge is 2.19. The molecule has 2 rings (SSSR count). The standard InChI is InChI=1S/C18H28N2O3/c1-3-23-17-6-4-5-16(13-17)18(21)19-14-15-7-9-20(10-8-15)11-12-22-2/h4-6,13,15H,3,7-12,14H2,1-2H3,(H,19,21). The fourth-order valence-electron chi connectivity index (χ4n) is 2.87. The zero-order chi connectivity index (χ0) is 16.5. The van der Waals surface area contributed by atoms with Crippen LogP contribution in [-0.4, -0.2) is 57.3 Å². The zero-order valence-electron chi connectivity index (χ0n) is 14.2. The van der Waals surface area contributed by atoms with E-state index >= 15 is 0 Å². The Labute approximate surface area is 139 Å². The fourth-order valence-corrected chi connectivity index (χ4v) is 2.87. The van der Waals surface area contributed by atoms with Gasteiger partial charge < -0.3 is 19.7 Å². The zero-order valence-corrected chi connectivity index (χ0v) is 14.2. The quantitative estimate of drug-likeness (QED) is 0.797. The SMILES string of the molecule is CCOc1cccc(C(=O)NCC2CCN(CCOC)CC2)c1. The van der Waals surface area contributed by atoms with Crippen molar-refractivity contribution in [2.75, 3.05) is 46.5 Å². The van der Waals surface area contributed by atoms with Crippen molar-refractivity contribution in [1.82, 2.24) is 10.2 Å². The molecule has 0 spiro atoms. The summed E-state index contributed by atoms with van der Waals surface area (Å²) in [4.78, 5) is 14.7. The summed E-state index contributed by atoms with van der Waals surface area (Å²) in [7, 11) is 1.74. The minimum Gasteiger partial charge on any atom is -0.494 e. The Bertz CT molecular complexity index is 485. The number of carbonyl (C=O) groups excluding carboxylic acids is 1. The number of ether oxygens (including phenoxy) is 2. The highest BCUT2D eigenvalue weighted by atomic mass is 16.5. The smallest absolute Gasteiger partial charge is 0.251 e. The van der Waals surface area contributed by atoms with Gasteiger partial charge in [-0.05, 0) is 57.0 Å². The van der Waals surface area contributed by atoms with Gasteiger partial charge in [0, 0.05) is 25.8 Å². The second-order valence-corrected chi connectivity index (χ2v) is 5.95. The molecule has 1 aromatic carbocycles. The van der Waals surface area contributed by atoms with Crippen LogP contribution in [0.15, 0.2) is 24.3 Å². The number of rotatable bonds is 8. The molecule has 0 unspecified atom stereocenters. The molecule has 0 bridgehead atoms. The minimum atomic E-state index is -0.0200. The van der Waals surface area contributed by atoms with E-state index in [-0.39, 0.29) is 5.91 Å². The van der Waals surface area contributed by atoms with Crippen molar-refractivity contribution < 1.29 is 14.3 Å². The lowest BCUT2D eigenvalue weighted by molar-refractivity contribution is 0.0925. The maximum atomic E-state index is 12.3. The van der Waals surface area contributed by atoms with Gasteiger partial charge in [0.25, 0.3) is 5.91 Å². The van der Waals surface area contributed by atoms with Crippen LogP contribution in [0.4, 0.5) is 0 Å². The van der Waals surface area contributed by atoms with E-state index in [4.69, 9.17) is 9.47 Å². The highest BCUT2D eigenvalue weighted by molar-refractivity contribution is 5.94. The first-order chi connectivity index (χ1) is 11.2. The second kappa shape index (κ2) is 9.53. The molecule has 0 aliphatic carbocycles. The number of hydrogen-bond donors (Lipinski definition) is 1. The van der Waals surface area contributed by atoms with Crippen LogP contribution >= 0.6 is 0 Å². The van der Waals surface area contributed by atoms with E-state index in [2.05, 4.69) is 10.2 Å². The van der Waals surface area contributed by atoms with Crippen molar-refractivity contribution in [1.29, 1.82) is 0 Å². The molecule has 1 aliphatic rings. The van der Waals surface area contributed by atoms with Crippen LogP contribution in [0.1, 0.15) is 30.1 Å². The molecule has 5 nitrogen and oxygen atoms in total. The Balaban J connectivity index is 1.74. The summed E-state index contributed by atoms with van der Waals surface area (Å²) in [5.41, 5.74) is 0.661. The van der Waals surface area contributed by atoms with E-state index < -0.39 is 0 Å². The highest BCUT2D eigenvalue weighted by Crippen LogP contribution is 2.17. The average molecular weight is 320 g/mol. The van der Waals surface area contributed by atoms with E-state index in [9.17, 15) is 4.79 Å². The van der Waals surface area contributed by atoms with Crippen molar-refractivity contribution in [3.8, 4) is 5.75 Å². The van der Waals surface area contributed by atoms with Crippen LogP contribution in [-0.2, 0) is 4.74 Å². The fraction of sp³-hybridized carbons (Fsp3) is 0.611. The van der Waals surface area contributed by atoms with Crippen LogP contribution in [0.2, 0.25) is 0 Å². The third-order valence-electron chi connectivity index (χ3n) is 4.28. The largest absolute Gasteiger partial charge is 0.494 e. The number of nitrogens with one attached hydrogen (secondary N) is 1. The maximum Gasteiger partial charge on any atom is 0.251 e. The lowest BCUT2D eigenvalue weighted by Crippen LogP contribution is -2.39. The molecule has 1 saturated heterocycles. The first-order valence-corrected chi connectivity index (χ1v) is 8.45. The molecule has 1 heterocycles. The molecular formula is C18H28N2O3. The number of carbonyl (C=O) groups is 1. The molecule has 128 valence electrons. The molecular weight excluding hydrogens is 292 g/mol. The summed E-state index contributed by atoms with van der Waals surface area (Å²) in [6.45, 7) is 7.25. The molecule has 1 N–H and O–H groups in total. The number of piperidine rings is 1. The Morgan fingerprint density at radius 1 is 1.35 bits per heavy atom. The van der Waals surface area contributed by atoms with Gasteiger partial charge in [-0.3, -0.25) is 4.79 Å². The number of benzene rings is 1. The molecule has 0 radical (unpaired) electrons. The molecule has 1 amide bonds. The number of likely N-dealkylation sites (tertiary alicyclic amines) is 1. The normalized spacial score (nSPS) is 16.3. The summed E-state index contributed by atoms with van der Waals surface area (Å²) in [5.74, 6) is 1.28. The Morgan fingerprint density at radius 2 is 2.13 bits per heavy atom. The molecule has 5 heteroatoms. The third kappa shape index (κ3) is 5.84. The maximum absolute atomic E-state index is 12.3. The first kappa shape index (κ1) is 17.8. The number of amides is 1. The van der Waals surface area contributed by atoms with Crippen molar-refractivity contribution >= 4 is 5.91 Å². The number of nitrogens with zero attached hydrogens (tertiary/aromatic N) is 1. The molecule has 1 fully saturated rings. The predicted molar refractivity (Wildman–Crippen MR) is 91.0 cm³/mol. The third-order valence-corrected chi connectivity index (χ3v) is 4.28. The predicted octanol–water partition coefficient (Wildman–Crippen LogP) is 2.17. The van der Waals surface area contributed by atoms with Crippen LogP contribution in [0, 0.1) is 5.92 Å². The molecule has 1 aliphatic heterocycles. The van der Waals surface area contributed by atoms with Gasteiger partial charge in [-0.15, -0.1) is 0 Å². The van der Waals surface area contributed by atoms with Crippen molar-refractivity contribution in [3.63, 3.8) is 0 Å². The second-order valence-electron chi connectivity index (χ2n) is 5.95. The van der Waals surface area contributed by atoms with Gasteiger partial charge in [0.2, 0.25) is 0 Å². The molecule has 23 heavy (non-hydrogen) atoms. The summed E-state index contributed by atoms with van der Waals surface area (Å²) >= 11 is 0. The summed E-state index contributed by atoms with van der Waals surface area (Å²) in [6.07, 6.45) is 2.26. The van der Waals surface area contributed by atoms with E-state index in [1.54, 1.807) is 13.2 Å². The van der Waals surface area contributed by atoms with Gasteiger partial charge in [-0.2, -0.15) is 0 Å². The van der Waals surface area contributed by atoms with E-state index in [0.29, 0.717) is 18.1 Å². The van der Waals surface area contributed by atoms with E-state index in [1.807, 2.05) is 25.1 Å². The van der Waals surface area contributed by atoms with Gasteiger partial charge in [0.1, 0.15) is 5.75 Å². The Kier molecular flexibility index (Phi) is 7.36. The summed E-state index contributed by atoms with van der Waals surface area (Å²) < 4.78 is 10.6. The van der Waals surface area contributed by atoms with Crippen molar-refractivity contribution in [2.24, 2.45) is 5.92 Å².